The van der Waals surface area contributed by atoms with E-state index in [9.17, 15) is 8.42 Å². The van der Waals surface area contributed by atoms with Gasteiger partial charge in [-0.2, -0.15) is 5.11 Å². The van der Waals surface area contributed by atoms with Crippen molar-refractivity contribution in [2.24, 2.45) is 10.2 Å². The Morgan fingerprint density at radius 3 is 2.75 bits per heavy atom. The molecule has 2 aromatic rings. The van der Waals surface area contributed by atoms with Crippen molar-refractivity contribution in [3.8, 4) is 0 Å². The van der Waals surface area contributed by atoms with E-state index in [1.165, 1.54) is 25.4 Å². The summed E-state index contributed by atoms with van der Waals surface area (Å²) in [4.78, 5) is 4.68. The van der Waals surface area contributed by atoms with Crippen LogP contribution < -0.4 is 4.72 Å². The van der Waals surface area contributed by atoms with Gasteiger partial charge >= 0.3 is 0 Å². The first-order chi connectivity index (χ1) is 11.6. The van der Waals surface area contributed by atoms with Crippen molar-refractivity contribution < 1.29 is 23.0 Å². The number of pyridine rings is 1. The van der Waals surface area contributed by atoms with E-state index in [1.807, 2.05) is 12.1 Å². The lowest BCUT2D eigenvalue weighted by Gasteiger charge is -2.03. The number of aromatic nitrogens is 1. The Balaban J connectivity index is 2.05. The number of azo groups is 1. The minimum Gasteiger partial charge on any atom is -0.234 e. The molecule has 0 atom stereocenters. The SMILES string of the molecule is CNS(=O)(=O)c1ccc(N=NCc2ccccc2SOOO)nc1. The lowest BCUT2D eigenvalue weighted by atomic mass is 10.2. The van der Waals surface area contributed by atoms with Crippen LogP contribution in [0.25, 0.3) is 0 Å². The first-order valence-corrected chi connectivity index (χ1v) is 8.79. The van der Waals surface area contributed by atoms with E-state index >= 15 is 0 Å². The van der Waals surface area contributed by atoms with Crippen LogP contribution >= 0.6 is 12.0 Å². The molecule has 0 spiro atoms. The van der Waals surface area contributed by atoms with Crippen LogP contribution in [0.15, 0.2) is 62.6 Å². The van der Waals surface area contributed by atoms with Gasteiger partial charge in [0.25, 0.3) is 0 Å². The monoisotopic (exact) mass is 370 g/mol. The van der Waals surface area contributed by atoms with E-state index in [4.69, 9.17) is 5.26 Å². The summed E-state index contributed by atoms with van der Waals surface area (Å²) >= 11 is 0.837. The maximum Gasteiger partial charge on any atom is 0.241 e. The van der Waals surface area contributed by atoms with Gasteiger partial charge in [0.15, 0.2) is 5.82 Å². The van der Waals surface area contributed by atoms with Crippen LogP contribution in [0.2, 0.25) is 0 Å². The Bertz CT molecular complexity index is 796. The molecule has 0 aliphatic heterocycles. The molecule has 0 fully saturated rings. The molecular formula is C13H14N4O5S2. The number of hydrogen-bond acceptors (Lipinski definition) is 9. The standard InChI is InChI=1S/C13H14N4O5S2/c1-14-24(19,20)11-6-7-13(15-9-11)17-16-8-10-4-2-3-5-12(10)23-22-21-18/h2-7,9,14,18H,8H2,1H3. The van der Waals surface area contributed by atoms with Crippen LogP contribution in [0.4, 0.5) is 5.82 Å². The third-order valence-electron chi connectivity index (χ3n) is 2.84. The molecule has 128 valence electrons. The molecule has 9 nitrogen and oxygen atoms in total. The van der Waals surface area contributed by atoms with E-state index in [0.717, 1.165) is 17.6 Å². The molecular weight excluding hydrogens is 356 g/mol. The molecule has 1 heterocycles. The average molecular weight is 370 g/mol. The fourth-order valence-electron chi connectivity index (χ4n) is 1.66. The van der Waals surface area contributed by atoms with Crippen LogP contribution in [0.3, 0.4) is 0 Å². The van der Waals surface area contributed by atoms with Crippen molar-refractivity contribution in [1.29, 1.82) is 0 Å². The van der Waals surface area contributed by atoms with E-state index in [0.29, 0.717) is 4.90 Å². The summed E-state index contributed by atoms with van der Waals surface area (Å²) in [6, 6.07) is 10.1. The zero-order valence-electron chi connectivity index (χ0n) is 12.5. The zero-order chi connectivity index (χ0) is 17.4. The Morgan fingerprint density at radius 2 is 2.08 bits per heavy atom. The minimum absolute atomic E-state index is 0.0480. The molecule has 0 aliphatic carbocycles. The highest BCUT2D eigenvalue weighted by Gasteiger charge is 2.11. The molecule has 0 radical (unpaired) electrons. The van der Waals surface area contributed by atoms with Crippen LogP contribution in [0.5, 0.6) is 0 Å². The summed E-state index contributed by atoms with van der Waals surface area (Å²) in [6.07, 6.45) is 1.20. The first-order valence-electron chi connectivity index (χ1n) is 6.56. The van der Waals surface area contributed by atoms with Crippen LogP contribution in [-0.4, -0.2) is 25.7 Å². The van der Waals surface area contributed by atoms with E-state index < -0.39 is 10.0 Å². The van der Waals surface area contributed by atoms with Gasteiger partial charge < -0.3 is 0 Å². The molecule has 24 heavy (non-hydrogen) atoms. The van der Waals surface area contributed by atoms with Crippen molar-refractivity contribution in [3.05, 3.63) is 48.2 Å². The Hall–Kier alpha value is -1.89. The Kier molecular flexibility index (Phi) is 6.78. The topological polar surface area (TPSA) is 122 Å². The number of nitrogens with one attached hydrogen (secondary N) is 1. The predicted octanol–water partition coefficient (Wildman–Crippen LogP) is 2.70. The second-order valence-electron chi connectivity index (χ2n) is 4.29. The number of benzene rings is 1. The summed E-state index contributed by atoms with van der Waals surface area (Å²) in [5, 5.41) is 19.7. The fourth-order valence-corrected chi connectivity index (χ4v) is 2.81. The highest BCUT2D eigenvalue weighted by atomic mass is 32.2. The van der Waals surface area contributed by atoms with Gasteiger partial charge in [0.05, 0.1) is 18.6 Å². The third-order valence-corrected chi connectivity index (χ3v) is 4.95. The number of nitrogens with zero attached hydrogens (tertiary/aromatic N) is 3. The molecule has 0 saturated heterocycles. The van der Waals surface area contributed by atoms with Gasteiger partial charge in [0.2, 0.25) is 10.0 Å². The van der Waals surface area contributed by atoms with Gasteiger partial charge in [0, 0.05) is 11.1 Å². The molecule has 0 unspecified atom stereocenters. The highest BCUT2D eigenvalue weighted by Crippen LogP contribution is 2.24. The van der Waals surface area contributed by atoms with E-state index in [-0.39, 0.29) is 17.3 Å². The quantitative estimate of drug-likeness (QED) is 0.317. The molecule has 0 saturated carbocycles. The molecule has 1 aromatic carbocycles. The second kappa shape index (κ2) is 8.82. The van der Waals surface area contributed by atoms with Crippen molar-refractivity contribution >= 4 is 27.9 Å². The summed E-state index contributed by atoms with van der Waals surface area (Å²) in [5.74, 6) is 0.283. The summed E-state index contributed by atoms with van der Waals surface area (Å²) in [5.41, 5.74) is 0.803. The molecule has 0 amide bonds. The van der Waals surface area contributed by atoms with Crippen LogP contribution in [0.1, 0.15) is 5.56 Å². The van der Waals surface area contributed by atoms with Gasteiger partial charge in [-0.1, -0.05) is 23.2 Å². The zero-order valence-corrected chi connectivity index (χ0v) is 14.1. The lowest BCUT2D eigenvalue weighted by Crippen LogP contribution is -2.18. The molecule has 1 aromatic heterocycles. The number of sulfonamides is 1. The normalized spacial score (nSPS) is 11.9. The molecule has 0 aliphatic rings. The maximum absolute atomic E-state index is 11.6. The largest absolute Gasteiger partial charge is 0.241 e. The van der Waals surface area contributed by atoms with Crippen LogP contribution in [0, 0.1) is 0 Å². The maximum atomic E-state index is 11.6. The second-order valence-corrected chi connectivity index (χ2v) is 6.92. The van der Waals surface area contributed by atoms with E-state index in [1.54, 1.807) is 12.1 Å². The van der Waals surface area contributed by atoms with Crippen molar-refractivity contribution in [2.75, 3.05) is 7.05 Å². The van der Waals surface area contributed by atoms with Gasteiger partial charge in [-0.25, -0.2) is 23.4 Å². The molecule has 2 N–H and O–H groups in total. The highest BCUT2D eigenvalue weighted by molar-refractivity contribution is 7.94. The Labute approximate surface area is 142 Å². The predicted molar refractivity (Wildman–Crippen MR) is 85.8 cm³/mol. The summed E-state index contributed by atoms with van der Waals surface area (Å²) in [7, 11) is -2.20. The first kappa shape index (κ1) is 18.4. The Morgan fingerprint density at radius 1 is 1.29 bits per heavy atom. The minimum atomic E-state index is -3.53. The van der Waals surface area contributed by atoms with Gasteiger partial charge in [-0.15, -0.1) is 9.45 Å². The smallest absolute Gasteiger partial charge is 0.234 e. The van der Waals surface area contributed by atoms with Gasteiger partial charge in [-0.05, 0) is 30.8 Å². The number of hydrogen-bond donors (Lipinski definition) is 2. The van der Waals surface area contributed by atoms with Crippen LogP contribution in [-0.2, 0) is 25.9 Å². The fraction of sp³-hybridized carbons (Fsp3) is 0.154. The van der Waals surface area contributed by atoms with Crippen molar-refractivity contribution in [2.45, 2.75) is 16.3 Å². The number of rotatable bonds is 8. The molecule has 2 rings (SSSR count). The van der Waals surface area contributed by atoms with Gasteiger partial charge in [0.1, 0.15) is 4.90 Å². The van der Waals surface area contributed by atoms with Crippen molar-refractivity contribution in [1.82, 2.24) is 9.71 Å². The molecule has 0 bridgehead atoms. The summed E-state index contributed by atoms with van der Waals surface area (Å²) in [6.45, 7) is 0.246. The summed E-state index contributed by atoms with van der Waals surface area (Å²) < 4.78 is 29.8. The molecule has 11 heteroatoms. The van der Waals surface area contributed by atoms with E-state index in [2.05, 4.69) is 29.3 Å². The average Bonchev–Trinajstić information content (AvgIpc) is 2.61. The van der Waals surface area contributed by atoms with Crippen molar-refractivity contribution in [3.63, 3.8) is 0 Å². The lowest BCUT2D eigenvalue weighted by molar-refractivity contribution is -0.432. The van der Waals surface area contributed by atoms with Gasteiger partial charge in [-0.3, -0.25) is 0 Å². The third kappa shape index (κ3) is 5.06.